The van der Waals surface area contributed by atoms with Crippen LogP contribution in [0.2, 0.25) is 0 Å². The highest BCUT2D eigenvalue weighted by molar-refractivity contribution is 5.99. The van der Waals surface area contributed by atoms with E-state index in [0.29, 0.717) is 0 Å². The smallest absolute Gasteiger partial charge is 0.323 e. The lowest BCUT2D eigenvalue weighted by molar-refractivity contribution is -0.174. The Morgan fingerprint density at radius 1 is 1.06 bits per heavy atom. The number of carbonyl (C=O) groups is 2. The van der Waals surface area contributed by atoms with Crippen LogP contribution in [0.3, 0.4) is 0 Å². The first-order valence-corrected chi connectivity index (χ1v) is 6.29. The molecule has 0 aromatic rings. The molecule has 0 bridgehead atoms. The van der Waals surface area contributed by atoms with Crippen LogP contribution in [0.1, 0.15) is 47.5 Å². The molecule has 17 heavy (non-hydrogen) atoms. The Kier molecular flexibility index (Phi) is 6.85. The molecule has 0 aliphatic heterocycles. The Morgan fingerprint density at radius 2 is 1.47 bits per heavy atom. The van der Waals surface area contributed by atoms with Gasteiger partial charge >= 0.3 is 11.9 Å². The summed E-state index contributed by atoms with van der Waals surface area (Å²) < 4.78 is 10.0. The molecule has 4 nitrogen and oxygen atoms in total. The second-order valence-corrected chi connectivity index (χ2v) is 4.33. The molecule has 0 aromatic heterocycles. The molecule has 0 aliphatic carbocycles. The van der Waals surface area contributed by atoms with E-state index >= 15 is 0 Å². The van der Waals surface area contributed by atoms with Crippen LogP contribution in [-0.2, 0) is 19.1 Å². The van der Waals surface area contributed by atoms with Gasteiger partial charge in [0, 0.05) is 0 Å². The van der Waals surface area contributed by atoms with Crippen molar-refractivity contribution in [1.82, 2.24) is 0 Å². The first-order valence-electron chi connectivity index (χ1n) is 6.29. The lowest BCUT2D eigenvalue weighted by Gasteiger charge is -2.30. The molecular formula is C13H24O4. The molecule has 1 atom stereocenters. The fourth-order valence-electron chi connectivity index (χ4n) is 1.77. The summed E-state index contributed by atoms with van der Waals surface area (Å²) in [6.45, 7) is 9.52. The first kappa shape index (κ1) is 15.9. The van der Waals surface area contributed by atoms with Crippen molar-refractivity contribution >= 4 is 11.9 Å². The number of rotatable bonds is 7. The van der Waals surface area contributed by atoms with Crippen molar-refractivity contribution < 1.29 is 19.1 Å². The number of ether oxygens (including phenoxy) is 2. The van der Waals surface area contributed by atoms with Crippen molar-refractivity contribution in [2.24, 2.45) is 11.3 Å². The van der Waals surface area contributed by atoms with Gasteiger partial charge in [0.1, 0.15) is 0 Å². The highest BCUT2D eigenvalue weighted by Crippen LogP contribution is 2.33. The minimum atomic E-state index is -1.19. The van der Waals surface area contributed by atoms with Crippen LogP contribution in [0.15, 0.2) is 0 Å². The molecular weight excluding hydrogens is 220 g/mol. The summed E-state index contributed by atoms with van der Waals surface area (Å²) in [6, 6.07) is 0. The largest absolute Gasteiger partial charge is 0.465 e. The summed E-state index contributed by atoms with van der Waals surface area (Å²) in [5, 5.41) is 0. The maximum absolute atomic E-state index is 12.0. The predicted octanol–water partition coefficient (Wildman–Crippen LogP) is 2.56. The zero-order valence-corrected chi connectivity index (χ0v) is 11.5. The van der Waals surface area contributed by atoms with Gasteiger partial charge in [0.2, 0.25) is 0 Å². The maximum Gasteiger partial charge on any atom is 0.323 e. The van der Waals surface area contributed by atoms with Gasteiger partial charge in [0.05, 0.1) is 13.2 Å². The van der Waals surface area contributed by atoms with Crippen molar-refractivity contribution in [3.05, 3.63) is 0 Å². The standard InChI is InChI=1S/C13H24O4/c1-6-9-10(4)13(5,11(14)16-7-2)12(15)17-8-3/h10H,6-9H2,1-5H3. The second kappa shape index (κ2) is 7.30. The lowest BCUT2D eigenvalue weighted by atomic mass is 9.76. The summed E-state index contributed by atoms with van der Waals surface area (Å²) in [6.07, 6.45) is 1.70. The minimum Gasteiger partial charge on any atom is -0.465 e. The molecule has 0 saturated carbocycles. The minimum absolute atomic E-state index is 0.0920. The van der Waals surface area contributed by atoms with Gasteiger partial charge in [-0.2, -0.15) is 0 Å². The van der Waals surface area contributed by atoms with E-state index in [4.69, 9.17) is 9.47 Å². The molecule has 1 unspecified atom stereocenters. The zero-order chi connectivity index (χ0) is 13.5. The Labute approximate surface area is 104 Å². The highest BCUT2D eigenvalue weighted by Gasteiger charge is 2.48. The molecule has 0 rings (SSSR count). The van der Waals surface area contributed by atoms with Gasteiger partial charge in [-0.25, -0.2) is 0 Å². The summed E-state index contributed by atoms with van der Waals surface area (Å²) in [7, 11) is 0. The Balaban J connectivity index is 5.04. The van der Waals surface area contributed by atoms with E-state index in [0.717, 1.165) is 12.8 Å². The van der Waals surface area contributed by atoms with Crippen molar-refractivity contribution in [3.63, 3.8) is 0 Å². The van der Waals surface area contributed by atoms with Gasteiger partial charge in [0.15, 0.2) is 5.41 Å². The number of esters is 2. The SMILES string of the molecule is CCCC(C)C(C)(C(=O)OCC)C(=O)OCC. The van der Waals surface area contributed by atoms with E-state index in [9.17, 15) is 9.59 Å². The van der Waals surface area contributed by atoms with Crippen LogP contribution in [-0.4, -0.2) is 25.2 Å². The van der Waals surface area contributed by atoms with Crippen LogP contribution < -0.4 is 0 Å². The molecule has 0 fully saturated rings. The summed E-state index contributed by atoms with van der Waals surface area (Å²) in [4.78, 5) is 23.9. The molecule has 0 saturated heterocycles. The lowest BCUT2D eigenvalue weighted by Crippen LogP contribution is -2.44. The van der Waals surface area contributed by atoms with Gasteiger partial charge in [-0.1, -0.05) is 20.3 Å². The Hall–Kier alpha value is -1.06. The molecule has 0 heterocycles. The van der Waals surface area contributed by atoms with Crippen molar-refractivity contribution in [2.75, 3.05) is 13.2 Å². The fourth-order valence-corrected chi connectivity index (χ4v) is 1.77. The molecule has 0 aliphatic rings. The number of hydrogen-bond donors (Lipinski definition) is 0. The molecule has 0 amide bonds. The monoisotopic (exact) mass is 244 g/mol. The quantitative estimate of drug-likeness (QED) is 0.510. The Morgan fingerprint density at radius 3 is 1.76 bits per heavy atom. The van der Waals surface area contributed by atoms with Crippen LogP contribution in [0.25, 0.3) is 0 Å². The summed E-state index contributed by atoms with van der Waals surface area (Å²) >= 11 is 0. The zero-order valence-electron chi connectivity index (χ0n) is 11.5. The van der Waals surface area contributed by atoms with Crippen molar-refractivity contribution in [2.45, 2.75) is 47.5 Å². The molecule has 0 radical (unpaired) electrons. The maximum atomic E-state index is 12.0. The third-order valence-electron chi connectivity index (χ3n) is 3.11. The highest BCUT2D eigenvalue weighted by atomic mass is 16.6. The van der Waals surface area contributed by atoms with E-state index in [1.54, 1.807) is 20.8 Å². The number of carbonyl (C=O) groups excluding carboxylic acids is 2. The molecule has 0 N–H and O–H groups in total. The van der Waals surface area contributed by atoms with E-state index in [1.807, 2.05) is 13.8 Å². The Bertz CT molecular complexity index is 242. The van der Waals surface area contributed by atoms with Gasteiger partial charge in [-0.3, -0.25) is 9.59 Å². The van der Waals surface area contributed by atoms with Crippen molar-refractivity contribution in [1.29, 1.82) is 0 Å². The van der Waals surface area contributed by atoms with E-state index in [-0.39, 0.29) is 19.1 Å². The van der Waals surface area contributed by atoms with Crippen LogP contribution in [0.5, 0.6) is 0 Å². The molecule has 0 spiro atoms. The van der Waals surface area contributed by atoms with E-state index in [1.165, 1.54) is 0 Å². The average molecular weight is 244 g/mol. The summed E-state index contributed by atoms with van der Waals surface area (Å²) in [5.41, 5.74) is -1.19. The topological polar surface area (TPSA) is 52.6 Å². The van der Waals surface area contributed by atoms with Gasteiger partial charge in [-0.15, -0.1) is 0 Å². The van der Waals surface area contributed by atoms with E-state index < -0.39 is 17.4 Å². The first-order chi connectivity index (χ1) is 7.94. The molecule has 4 heteroatoms. The van der Waals surface area contributed by atoms with Crippen molar-refractivity contribution in [3.8, 4) is 0 Å². The van der Waals surface area contributed by atoms with E-state index in [2.05, 4.69) is 0 Å². The third kappa shape index (κ3) is 3.72. The van der Waals surface area contributed by atoms with Gasteiger partial charge in [-0.05, 0) is 33.1 Å². The number of hydrogen-bond acceptors (Lipinski definition) is 4. The summed E-state index contributed by atoms with van der Waals surface area (Å²) in [5.74, 6) is -1.07. The third-order valence-corrected chi connectivity index (χ3v) is 3.11. The fraction of sp³-hybridized carbons (Fsp3) is 0.846. The van der Waals surface area contributed by atoms with Crippen LogP contribution in [0, 0.1) is 11.3 Å². The average Bonchev–Trinajstić information content (AvgIpc) is 2.28. The van der Waals surface area contributed by atoms with Crippen LogP contribution in [0.4, 0.5) is 0 Å². The normalized spacial score (nSPS) is 13.0. The van der Waals surface area contributed by atoms with Gasteiger partial charge < -0.3 is 9.47 Å². The van der Waals surface area contributed by atoms with Gasteiger partial charge in [0.25, 0.3) is 0 Å². The molecule has 0 aromatic carbocycles. The predicted molar refractivity (Wildman–Crippen MR) is 65.4 cm³/mol. The van der Waals surface area contributed by atoms with Crippen LogP contribution >= 0.6 is 0 Å². The molecule has 100 valence electrons. The second-order valence-electron chi connectivity index (χ2n) is 4.33.